The van der Waals surface area contributed by atoms with Crippen LogP contribution in [0.2, 0.25) is 0 Å². The first kappa shape index (κ1) is 63.4. The lowest BCUT2D eigenvalue weighted by Gasteiger charge is -2.42. The molecule has 0 aromatic carbocycles. The number of carboxylic acids is 1. The zero-order chi connectivity index (χ0) is 57.0. The third-order valence-corrected chi connectivity index (χ3v) is 15.0. The van der Waals surface area contributed by atoms with Crippen LogP contribution in [-0.4, -0.2) is 214 Å². The number of nitrogens with two attached hydrogens (primary N) is 1. The molecule has 4 aliphatic rings. The van der Waals surface area contributed by atoms with Crippen molar-refractivity contribution >= 4 is 29.8 Å². The predicted octanol–water partition coefficient (Wildman–Crippen LogP) is -0.467. The molecule has 9 unspecified atom stereocenters. The van der Waals surface area contributed by atoms with Gasteiger partial charge in [0, 0.05) is 65.4 Å². The van der Waals surface area contributed by atoms with Crippen LogP contribution >= 0.6 is 0 Å². The number of hydrogen-bond acceptors (Lipinski definition) is 22. The Bertz CT molecular complexity index is 2220. The second-order valence-electron chi connectivity index (χ2n) is 21.4. The Kier molecular flexibility index (Phi) is 24.0. The summed E-state index contributed by atoms with van der Waals surface area (Å²) in [5.41, 5.74) is 3.94. The summed E-state index contributed by atoms with van der Waals surface area (Å²) < 4.78 is 53.3. The average Bonchev–Trinajstić information content (AvgIpc) is 3.78. The van der Waals surface area contributed by atoms with Crippen LogP contribution < -0.4 is 17.0 Å². The van der Waals surface area contributed by atoms with Gasteiger partial charge in [0.2, 0.25) is 12.2 Å². The lowest BCUT2D eigenvalue weighted by molar-refractivity contribution is -0.280. The summed E-state index contributed by atoms with van der Waals surface area (Å²) in [6.45, 7) is 8.99. The number of carboxylic acid groups (broad SMARTS) is 1. The average molecular weight is 1100 g/mol. The molecule has 1 aromatic rings. The number of H-pyrrole nitrogens is 1. The molecule has 4 aliphatic heterocycles. The highest BCUT2D eigenvalue weighted by atomic mass is 16.7. The monoisotopic (exact) mass is 1100 g/mol. The number of nitrogens with zero attached hydrogens (tertiary/aromatic N) is 3. The van der Waals surface area contributed by atoms with Gasteiger partial charge in [0.15, 0.2) is 18.6 Å². The van der Waals surface area contributed by atoms with Gasteiger partial charge in [0.1, 0.15) is 67.1 Å². The van der Waals surface area contributed by atoms with Gasteiger partial charge in [-0.15, -0.1) is 0 Å². The largest absolute Gasteiger partial charge is 0.480 e. The number of likely N-dealkylation sites (N-methyl/N-ethyl adjacent to an activating group) is 2. The molecule has 1 aromatic heterocycles. The number of methoxy groups -OCH3 is 2. The fourth-order valence-electron chi connectivity index (χ4n) is 10.5. The highest BCUT2D eigenvalue weighted by Gasteiger charge is 2.57. The van der Waals surface area contributed by atoms with E-state index in [0.717, 1.165) is 67.3 Å². The van der Waals surface area contributed by atoms with E-state index in [-0.39, 0.29) is 37.8 Å². The number of ether oxygens (including phenoxy) is 9. The Morgan fingerprint density at radius 1 is 0.779 bits per heavy atom. The van der Waals surface area contributed by atoms with Gasteiger partial charge < -0.3 is 78.8 Å². The van der Waals surface area contributed by atoms with Crippen LogP contribution in [0.25, 0.3) is 0 Å². The van der Waals surface area contributed by atoms with Gasteiger partial charge in [0.05, 0.1) is 18.6 Å². The van der Waals surface area contributed by atoms with Crippen LogP contribution in [0.15, 0.2) is 21.9 Å². The van der Waals surface area contributed by atoms with E-state index in [4.69, 9.17) is 48.4 Å². The van der Waals surface area contributed by atoms with E-state index in [1.54, 1.807) is 6.92 Å². The van der Waals surface area contributed by atoms with Gasteiger partial charge in [0.25, 0.3) is 5.56 Å². The van der Waals surface area contributed by atoms with Gasteiger partial charge in [-0.25, -0.2) is 9.59 Å². The molecule has 5 rings (SSSR count). The summed E-state index contributed by atoms with van der Waals surface area (Å²) in [6, 6.07) is -2.59. The fourth-order valence-corrected chi connectivity index (χ4v) is 10.5. The molecule has 19 atom stereocenters. The number of unbranched alkanes of at least 4 members (excludes halogenated alkanes) is 5. The molecule has 4 fully saturated rings. The lowest BCUT2D eigenvalue weighted by Crippen LogP contribution is -2.59. The second kappa shape index (κ2) is 29.1. The van der Waals surface area contributed by atoms with E-state index < -0.39 is 158 Å². The van der Waals surface area contributed by atoms with E-state index in [2.05, 4.69) is 13.8 Å². The number of rotatable bonds is 27. The zero-order valence-corrected chi connectivity index (χ0v) is 45.6. The molecule has 0 aliphatic carbocycles. The fraction of sp³-hybridized carbons (Fsp3) is 0.824. The van der Waals surface area contributed by atoms with E-state index >= 15 is 0 Å². The molecular formula is C51H83N5O21. The minimum absolute atomic E-state index is 0.0563. The quantitative estimate of drug-likeness (QED) is 0.0333. The molecule has 8 N–H and O–H groups in total. The lowest BCUT2D eigenvalue weighted by atomic mass is 9.91. The van der Waals surface area contributed by atoms with Crippen LogP contribution in [-0.2, 0) is 66.6 Å². The smallest absolute Gasteiger partial charge is 0.330 e. The van der Waals surface area contributed by atoms with Crippen LogP contribution in [0.3, 0.4) is 0 Å². The van der Waals surface area contributed by atoms with Gasteiger partial charge in [-0.05, 0) is 38.6 Å². The number of aliphatic hydroxyl groups is 4. The SMILES string of the molecule is COC1C(OC(=O)CC(C)CC(=O)OC(CCCCCCCCC(C)C)CC(=O)O[C@H]2CN(C)[C@@H]([C@H](O[C@@H]3O[C@H](CN)C(O)[C@@H]3O)[C@H]3O[C@@H](n4ccc(=O)[nH]c4=O)[C@@H](O)C3O)C(=O)N(C)[C@@H]2C(=O)O)OC(C)C(C)C1OC. The molecule has 4 saturated heterocycles. The molecule has 77 heavy (non-hydrogen) atoms. The summed E-state index contributed by atoms with van der Waals surface area (Å²) >= 11 is 0. The molecule has 438 valence electrons. The van der Waals surface area contributed by atoms with Crippen molar-refractivity contribution in [3.8, 4) is 0 Å². The first-order valence-electron chi connectivity index (χ1n) is 26.6. The van der Waals surface area contributed by atoms with Gasteiger partial charge in [-0.3, -0.25) is 38.4 Å². The van der Waals surface area contributed by atoms with Crippen molar-refractivity contribution in [1.82, 2.24) is 19.4 Å². The molecule has 0 spiro atoms. The second-order valence-corrected chi connectivity index (χ2v) is 21.4. The summed E-state index contributed by atoms with van der Waals surface area (Å²) in [5.74, 6) is -4.95. The molecule has 0 saturated carbocycles. The third kappa shape index (κ3) is 16.3. The maximum Gasteiger partial charge on any atom is 0.330 e. The normalized spacial score (nSPS) is 33.1. The van der Waals surface area contributed by atoms with Gasteiger partial charge in [-0.1, -0.05) is 66.2 Å². The van der Waals surface area contributed by atoms with Crippen LogP contribution in [0.1, 0.15) is 111 Å². The molecule has 26 nitrogen and oxygen atoms in total. The number of carbonyl (C=O) groups is 5. The van der Waals surface area contributed by atoms with Crippen molar-refractivity contribution in [2.75, 3.05) is 41.4 Å². The van der Waals surface area contributed by atoms with Gasteiger partial charge >= 0.3 is 29.6 Å². The standard InChI is InChI=1S/C51H83N5O21/c1-25(2)16-14-12-10-11-13-15-17-29(72-33(58)20-26(3)21-34(59)75-50-45(70-9)42(69-8)27(4)28(5)71-50)22-35(60)73-31-24-54(6)37(46(65)55(7)36(31)48(66)67)43(77-49-41(64)38(61)30(23-52)74-49)44-39(62)40(63)47(76-44)56-19-18-32(57)53-51(56)68/h18-19,25-31,36-45,47,49-50,61-64H,10-17,20-24,52H2,1-9H3,(H,66,67)(H,53,57,68)/t26?,27?,28?,29?,30-,31+,36+,37+,38?,39?,40+,41+,42?,43+,44+,45?,47-,49+,50?/m1/s1. The molecule has 0 radical (unpaired) electrons. The number of nitrogens with one attached hydrogen (secondary N) is 1. The van der Waals surface area contributed by atoms with E-state index in [0.29, 0.717) is 12.3 Å². The van der Waals surface area contributed by atoms with E-state index in [9.17, 15) is 59.1 Å². The first-order valence-corrected chi connectivity index (χ1v) is 26.6. The van der Waals surface area contributed by atoms with Crippen molar-refractivity contribution in [3.05, 3.63) is 33.1 Å². The number of aliphatic hydroxyl groups excluding tert-OH is 4. The Labute approximate surface area is 447 Å². The maximum absolute atomic E-state index is 14.7. The molecule has 0 bridgehead atoms. The number of esters is 3. The van der Waals surface area contributed by atoms with Crippen molar-refractivity contribution < 1.29 is 92.1 Å². The van der Waals surface area contributed by atoms with Crippen molar-refractivity contribution in [2.45, 2.75) is 209 Å². The van der Waals surface area contributed by atoms with Crippen LogP contribution in [0.5, 0.6) is 0 Å². The van der Waals surface area contributed by atoms with Crippen molar-refractivity contribution in [3.63, 3.8) is 0 Å². The number of carbonyl (C=O) groups excluding carboxylic acids is 4. The Balaban J connectivity index is 1.33. The Morgan fingerprint density at radius 2 is 1.40 bits per heavy atom. The first-order chi connectivity index (χ1) is 36.4. The Morgan fingerprint density at radius 3 is 2.00 bits per heavy atom. The number of hydrogen-bond donors (Lipinski definition) is 7. The zero-order valence-electron chi connectivity index (χ0n) is 45.6. The van der Waals surface area contributed by atoms with Crippen LogP contribution in [0.4, 0.5) is 0 Å². The summed E-state index contributed by atoms with van der Waals surface area (Å²) in [4.78, 5) is 97.4. The molecule has 26 heteroatoms. The summed E-state index contributed by atoms with van der Waals surface area (Å²) in [7, 11) is 5.47. The molecule has 5 heterocycles. The third-order valence-electron chi connectivity index (χ3n) is 15.0. The number of aromatic nitrogens is 2. The van der Waals surface area contributed by atoms with Gasteiger partial charge in [-0.2, -0.15) is 0 Å². The number of amides is 1. The number of aromatic amines is 1. The summed E-state index contributed by atoms with van der Waals surface area (Å²) in [5, 5.41) is 55.1. The molecular weight excluding hydrogens is 1020 g/mol. The van der Waals surface area contributed by atoms with Crippen molar-refractivity contribution in [2.24, 2.45) is 23.5 Å². The minimum atomic E-state index is -1.96. The Hall–Kier alpha value is -4.45. The van der Waals surface area contributed by atoms with E-state index in [1.165, 1.54) is 26.2 Å². The molecule has 1 amide bonds. The van der Waals surface area contributed by atoms with Crippen molar-refractivity contribution in [1.29, 1.82) is 0 Å². The van der Waals surface area contributed by atoms with E-state index in [1.807, 2.05) is 18.8 Å². The highest BCUT2D eigenvalue weighted by Crippen LogP contribution is 2.37. The van der Waals surface area contributed by atoms with Crippen LogP contribution in [0, 0.1) is 17.8 Å². The topological polar surface area (TPSA) is 357 Å². The maximum atomic E-state index is 14.7. The number of aliphatic carboxylic acids is 1. The highest BCUT2D eigenvalue weighted by molar-refractivity contribution is 5.88. The minimum Gasteiger partial charge on any atom is -0.480 e. The summed E-state index contributed by atoms with van der Waals surface area (Å²) in [6.07, 6.45) is -13.8. The predicted molar refractivity (Wildman–Crippen MR) is 268 cm³/mol.